The number of hydrogen-bond acceptors (Lipinski definition) is 8. The largest absolute Gasteiger partial charge is 0.497 e. The molecule has 1 saturated heterocycles. The fourth-order valence-corrected chi connectivity index (χ4v) is 4.50. The fraction of sp³-hybridized carbons (Fsp3) is 0.300. The Balaban J connectivity index is 1.34. The topological polar surface area (TPSA) is 104 Å². The van der Waals surface area contributed by atoms with Crippen molar-refractivity contribution in [3.05, 3.63) is 54.4 Å². The van der Waals surface area contributed by atoms with E-state index < -0.39 is 10.0 Å². The Bertz CT molecular complexity index is 1090. The maximum Gasteiger partial charge on any atom is 0.252 e. The molecule has 0 spiro atoms. The summed E-state index contributed by atoms with van der Waals surface area (Å²) >= 11 is 0. The van der Waals surface area contributed by atoms with Crippen molar-refractivity contribution in [2.45, 2.75) is 17.6 Å². The molecule has 1 aromatic heterocycles. The first-order chi connectivity index (χ1) is 14.5. The summed E-state index contributed by atoms with van der Waals surface area (Å²) in [6.07, 6.45) is -0.206. The summed E-state index contributed by atoms with van der Waals surface area (Å²) in [4.78, 5) is 4.48. The van der Waals surface area contributed by atoms with Crippen molar-refractivity contribution in [3.8, 4) is 22.9 Å². The standard InChI is InChI=1S/C20H21N3O6S/c1-26-13-19-21-20(22-29-19)14-3-5-16(6-4-14)28-17-11-23(12-17)30(24,25)18-9-7-15(27-2)8-10-18/h3-10,17H,11-13H2,1-2H3. The van der Waals surface area contributed by atoms with Crippen molar-refractivity contribution >= 4 is 10.0 Å². The van der Waals surface area contributed by atoms with Crippen molar-refractivity contribution in [1.29, 1.82) is 0 Å². The van der Waals surface area contributed by atoms with E-state index in [1.807, 2.05) is 12.1 Å². The van der Waals surface area contributed by atoms with E-state index in [0.29, 0.717) is 36.3 Å². The molecule has 158 valence electrons. The third kappa shape index (κ3) is 4.16. The molecule has 4 rings (SSSR count). The van der Waals surface area contributed by atoms with Gasteiger partial charge >= 0.3 is 0 Å². The predicted molar refractivity (Wildman–Crippen MR) is 107 cm³/mol. The number of methoxy groups -OCH3 is 2. The van der Waals surface area contributed by atoms with Crippen LogP contribution in [0.1, 0.15) is 5.89 Å². The molecule has 0 aliphatic carbocycles. The van der Waals surface area contributed by atoms with Crippen LogP contribution in [0, 0.1) is 0 Å². The third-order valence-electron chi connectivity index (χ3n) is 4.66. The van der Waals surface area contributed by atoms with Crippen LogP contribution in [-0.4, -0.2) is 56.3 Å². The van der Waals surface area contributed by atoms with E-state index >= 15 is 0 Å². The average molecular weight is 431 g/mol. The zero-order valence-electron chi connectivity index (χ0n) is 16.5. The van der Waals surface area contributed by atoms with Crippen LogP contribution in [0.3, 0.4) is 0 Å². The minimum Gasteiger partial charge on any atom is -0.497 e. The van der Waals surface area contributed by atoms with Crippen LogP contribution < -0.4 is 9.47 Å². The molecule has 3 aromatic rings. The lowest BCUT2D eigenvalue weighted by molar-refractivity contribution is 0.0762. The lowest BCUT2D eigenvalue weighted by Gasteiger charge is -2.37. The fourth-order valence-electron chi connectivity index (χ4n) is 3.00. The number of hydrogen-bond donors (Lipinski definition) is 0. The Morgan fingerprint density at radius 1 is 1.03 bits per heavy atom. The van der Waals surface area contributed by atoms with Crippen LogP contribution in [-0.2, 0) is 21.4 Å². The van der Waals surface area contributed by atoms with Gasteiger partial charge in [0.2, 0.25) is 15.8 Å². The average Bonchev–Trinajstić information content (AvgIpc) is 3.19. The van der Waals surface area contributed by atoms with Gasteiger partial charge in [0.1, 0.15) is 24.2 Å². The molecular formula is C20H21N3O6S. The summed E-state index contributed by atoms with van der Waals surface area (Å²) in [6, 6.07) is 13.6. The second-order valence-electron chi connectivity index (χ2n) is 6.71. The molecule has 0 bridgehead atoms. The predicted octanol–water partition coefficient (Wildman–Crippen LogP) is 2.34. The molecule has 0 saturated carbocycles. The minimum atomic E-state index is -3.54. The van der Waals surface area contributed by atoms with Gasteiger partial charge in [-0.1, -0.05) is 5.16 Å². The molecule has 2 heterocycles. The van der Waals surface area contributed by atoms with Gasteiger partial charge in [0, 0.05) is 12.7 Å². The zero-order chi connectivity index (χ0) is 21.1. The summed E-state index contributed by atoms with van der Waals surface area (Å²) in [7, 11) is -0.446. The molecule has 1 aliphatic heterocycles. The van der Waals surface area contributed by atoms with E-state index in [4.69, 9.17) is 18.7 Å². The Morgan fingerprint density at radius 3 is 2.33 bits per heavy atom. The van der Waals surface area contributed by atoms with Gasteiger partial charge in [0.25, 0.3) is 5.89 Å². The number of benzene rings is 2. The highest BCUT2D eigenvalue weighted by atomic mass is 32.2. The lowest BCUT2D eigenvalue weighted by Crippen LogP contribution is -2.55. The molecule has 0 unspecified atom stereocenters. The van der Waals surface area contributed by atoms with Crippen LogP contribution in [0.4, 0.5) is 0 Å². The van der Waals surface area contributed by atoms with E-state index in [9.17, 15) is 8.42 Å². The van der Waals surface area contributed by atoms with Crippen LogP contribution in [0.15, 0.2) is 57.9 Å². The summed E-state index contributed by atoms with van der Waals surface area (Å²) in [5.74, 6) is 2.12. The Labute approximate surface area is 174 Å². The van der Waals surface area contributed by atoms with Gasteiger partial charge < -0.3 is 18.7 Å². The smallest absolute Gasteiger partial charge is 0.252 e. The van der Waals surface area contributed by atoms with Gasteiger partial charge in [0.05, 0.1) is 25.1 Å². The van der Waals surface area contributed by atoms with E-state index in [-0.39, 0.29) is 17.6 Å². The van der Waals surface area contributed by atoms with E-state index in [2.05, 4.69) is 10.1 Å². The lowest BCUT2D eigenvalue weighted by atomic mass is 10.2. The van der Waals surface area contributed by atoms with E-state index in [1.54, 1.807) is 31.4 Å². The third-order valence-corrected chi connectivity index (χ3v) is 6.51. The first kappa shape index (κ1) is 20.3. The second-order valence-corrected chi connectivity index (χ2v) is 8.64. The molecule has 30 heavy (non-hydrogen) atoms. The molecule has 2 aromatic carbocycles. The highest BCUT2D eigenvalue weighted by Gasteiger charge is 2.38. The summed E-state index contributed by atoms with van der Waals surface area (Å²) in [5.41, 5.74) is 0.783. The van der Waals surface area contributed by atoms with Crippen molar-refractivity contribution in [3.63, 3.8) is 0 Å². The number of aromatic nitrogens is 2. The molecule has 0 amide bonds. The van der Waals surface area contributed by atoms with Gasteiger partial charge in [-0.05, 0) is 48.5 Å². The Hall–Kier alpha value is -2.95. The van der Waals surface area contributed by atoms with Gasteiger partial charge in [-0.3, -0.25) is 0 Å². The van der Waals surface area contributed by atoms with Crippen LogP contribution >= 0.6 is 0 Å². The second kappa shape index (κ2) is 8.42. The molecule has 1 aliphatic rings. The SMILES string of the molecule is COCc1nc(-c2ccc(OC3CN(S(=O)(=O)c4ccc(OC)cc4)C3)cc2)no1. The summed E-state index contributed by atoms with van der Waals surface area (Å²) < 4.78 is 47.7. The van der Waals surface area contributed by atoms with Crippen molar-refractivity contribution in [2.24, 2.45) is 0 Å². The van der Waals surface area contributed by atoms with Gasteiger partial charge in [-0.25, -0.2) is 8.42 Å². The number of nitrogens with zero attached hydrogens (tertiary/aromatic N) is 3. The van der Waals surface area contributed by atoms with Gasteiger partial charge in [-0.2, -0.15) is 9.29 Å². The molecule has 9 nitrogen and oxygen atoms in total. The number of rotatable bonds is 8. The van der Waals surface area contributed by atoms with Gasteiger partial charge in [0.15, 0.2) is 0 Å². The Kier molecular flexibility index (Phi) is 5.71. The monoisotopic (exact) mass is 431 g/mol. The van der Waals surface area contributed by atoms with Crippen molar-refractivity contribution in [2.75, 3.05) is 27.3 Å². The van der Waals surface area contributed by atoms with Crippen molar-refractivity contribution < 1.29 is 27.2 Å². The van der Waals surface area contributed by atoms with Gasteiger partial charge in [-0.15, -0.1) is 0 Å². The number of ether oxygens (including phenoxy) is 3. The molecule has 0 radical (unpaired) electrons. The molecule has 10 heteroatoms. The zero-order valence-corrected chi connectivity index (χ0v) is 17.3. The minimum absolute atomic E-state index is 0.206. The highest BCUT2D eigenvalue weighted by molar-refractivity contribution is 7.89. The summed E-state index contributed by atoms with van der Waals surface area (Å²) in [5, 5.41) is 3.91. The van der Waals surface area contributed by atoms with E-state index in [1.165, 1.54) is 23.5 Å². The maximum atomic E-state index is 12.7. The van der Waals surface area contributed by atoms with Crippen LogP contribution in [0.25, 0.3) is 11.4 Å². The molecular weight excluding hydrogens is 410 g/mol. The normalized spacial score (nSPS) is 15.0. The van der Waals surface area contributed by atoms with Crippen LogP contribution in [0.2, 0.25) is 0 Å². The first-order valence-electron chi connectivity index (χ1n) is 9.22. The maximum absolute atomic E-state index is 12.7. The Morgan fingerprint density at radius 2 is 1.70 bits per heavy atom. The summed E-state index contributed by atoms with van der Waals surface area (Å²) in [6.45, 7) is 0.842. The van der Waals surface area contributed by atoms with E-state index in [0.717, 1.165) is 5.56 Å². The highest BCUT2D eigenvalue weighted by Crippen LogP contribution is 2.27. The first-order valence-corrected chi connectivity index (χ1v) is 10.7. The number of sulfonamides is 1. The molecule has 1 fully saturated rings. The van der Waals surface area contributed by atoms with Crippen LogP contribution in [0.5, 0.6) is 11.5 Å². The quantitative estimate of drug-likeness (QED) is 0.535. The molecule has 0 atom stereocenters. The van der Waals surface area contributed by atoms with Crippen molar-refractivity contribution in [1.82, 2.24) is 14.4 Å². The molecule has 0 N–H and O–H groups in total.